The van der Waals surface area contributed by atoms with Gasteiger partial charge in [0.25, 0.3) is 5.91 Å². The van der Waals surface area contributed by atoms with Gasteiger partial charge in [-0.15, -0.1) is 11.8 Å². The lowest BCUT2D eigenvalue weighted by atomic mass is 10.0. The number of carbonyl (C=O) groups excluding carboxylic acids is 2. The molecular weight excluding hydrogens is 332 g/mol. The van der Waals surface area contributed by atoms with Gasteiger partial charge in [0.2, 0.25) is 5.91 Å². The maximum absolute atomic E-state index is 13.0. The van der Waals surface area contributed by atoms with Gasteiger partial charge in [-0.1, -0.05) is 30.7 Å². The Hall–Kier alpha value is -1.20. The standard InChI is InChI=1S/C17H21ClN2O2S/c1-2-15(21)19-9-7-17(8-10-19)20(11-12-23-17)16(22)13-5-3-4-6-14(13)18/h3-6H,2,7-12H2,1H3. The van der Waals surface area contributed by atoms with Crippen molar-refractivity contribution in [3.05, 3.63) is 34.9 Å². The molecule has 23 heavy (non-hydrogen) atoms. The number of likely N-dealkylation sites (tertiary alicyclic amines) is 1. The minimum atomic E-state index is -0.180. The zero-order valence-corrected chi connectivity index (χ0v) is 14.8. The molecule has 0 saturated carbocycles. The molecule has 3 rings (SSSR count). The van der Waals surface area contributed by atoms with Crippen LogP contribution in [-0.4, -0.2) is 51.9 Å². The van der Waals surface area contributed by atoms with E-state index in [-0.39, 0.29) is 16.7 Å². The number of hydrogen-bond acceptors (Lipinski definition) is 3. The topological polar surface area (TPSA) is 40.6 Å². The molecule has 0 radical (unpaired) electrons. The molecule has 0 aliphatic carbocycles. The largest absolute Gasteiger partial charge is 0.342 e. The Kier molecular flexibility index (Phi) is 4.87. The maximum Gasteiger partial charge on any atom is 0.256 e. The summed E-state index contributed by atoms with van der Waals surface area (Å²) in [5.74, 6) is 1.15. The molecule has 0 atom stereocenters. The van der Waals surface area contributed by atoms with Crippen molar-refractivity contribution in [1.29, 1.82) is 0 Å². The van der Waals surface area contributed by atoms with E-state index in [0.29, 0.717) is 17.0 Å². The molecule has 124 valence electrons. The molecule has 2 aliphatic rings. The van der Waals surface area contributed by atoms with Crippen LogP contribution < -0.4 is 0 Å². The Labute approximate surface area is 146 Å². The first kappa shape index (κ1) is 16.7. The highest BCUT2D eigenvalue weighted by Crippen LogP contribution is 2.44. The predicted octanol–water partition coefficient (Wildman–Crippen LogP) is 3.26. The van der Waals surface area contributed by atoms with Crippen LogP contribution in [0.2, 0.25) is 5.02 Å². The third-order valence-corrected chi connectivity index (χ3v) is 6.61. The van der Waals surface area contributed by atoms with Gasteiger partial charge >= 0.3 is 0 Å². The molecule has 0 N–H and O–H groups in total. The average molecular weight is 353 g/mol. The molecule has 1 aromatic carbocycles. The van der Waals surface area contributed by atoms with Crippen molar-refractivity contribution in [2.75, 3.05) is 25.4 Å². The van der Waals surface area contributed by atoms with E-state index in [9.17, 15) is 9.59 Å². The summed E-state index contributed by atoms with van der Waals surface area (Å²) in [7, 11) is 0. The van der Waals surface area contributed by atoms with Gasteiger partial charge < -0.3 is 9.80 Å². The van der Waals surface area contributed by atoms with Crippen LogP contribution in [0.25, 0.3) is 0 Å². The van der Waals surface area contributed by atoms with Gasteiger partial charge in [0.05, 0.1) is 15.5 Å². The summed E-state index contributed by atoms with van der Waals surface area (Å²) >= 11 is 8.05. The predicted molar refractivity (Wildman–Crippen MR) is 93.8 cm³/mol. The molecule has 1 aromatic rings. The molecule has 6 heteroatoms. The van der Waals surface area contributed by atoms with Crippen LogP contribution in [0.15, 0.2) is 24.3 Å². The normalized spacial score (nSPS) is 20.1. The summed E-state index contributed by atoms with van der Waals surface area (Å²) < 4.78 is 0. The molecule has 0 aromatic heterocycles. The molecule has 1 spiro atoms. The van der Waals surface area contributed by atoms with Crippen LogP contribution in [0.1, 0.15) is 36.5 Å². The van der Waals surface area contributed by atoms with Gasteiger partial charge in [-0.05, 0) is 25.0 Å². The summed E-state index contributed by atoms with van der Waals surface area (Å²) in [5, 5.41) is 0.503. The lowest BCUT2D eigenvalue weighted by Gasteiger charge is -2.44. The first-order valence-corrected chi connectivity index (χ1v) is 9.42. The number of nitrogens with zero attached hydrogens (tertiary/aromatic N) is 2. The van der Waals surface area contributed by atoms with E-state index in [1.165, 1.54) is 0 Å². The molecule has 2 heterocycles. The summed E-state index contributed by atoms with van der Waals surface area (Å²) in [6, 6.07) is 7.23. The van der Waals surface area contributed by atoms with Gasteiger partial charge in [-0.25, -0.2) is 0 Å². The van der Waals surface area contributed by atoms with Crippen molar-refractivity contribution in [1.82, 2.24) is 9.80 Å². The number of amides is 2. The molecule has 2 fully saturated rings. The number of carbonyl (C=O) groups is 2. The van der Waals surface area contributed by atoms with Gasteiger partial charge in [0.15, 0.2) is 0 Å². The second-order valence-corrected chi connectivity index (χ2v) is 7.83. The van der Waals surface area contributed by atoms with Crippen LogP contribution >= 0.6 is 23.4 Å². The quantitative estimate of drug-likeness (QED) is 0.820. The minimum absolute atomic E-state index is 0.0101. The van der Waals surface area contributed by atoms with Crippen LogP contribution in [0.5, 0.6) is 0 Å². The lowest BCUT2D eigenvalue weighted by molar-refractivity contribution is -0.132. The van der Waals surface area contributed by atoms with E-state index in [4.69, 9.17) is 11.6 Å². The maximum atomic E-state index is 13.0. The Morgan fingerprint density at radius 2 is 1.91 bits per heavy atom. The van der Waals surface area contributed by atoms with E-state index < -0.39 is 0 Å². The summed E-state index contributed by atoms with van der Waals surface area (Å²) in [6.45, 7) is 4.10. The Bertz CT molecular complexity index is 614. The smallest absolute Gasteiger partial charge is 0.256 e. The van der Waals surface area contributed by atoms with Crippen LogP contribution in [0, 0.1) is 0 Å². The van der Waals surface area contributed by atoms with Crippen molar-refractivity contribution < 1.29 is 9.59 Å². The first-order valence-electron chi connectivity index (χ1n) is 8.05. The summed E-state index contributed by atoms with van der Waals surface area (Å²) in [6.07, 6.45) is 2.21. The minimum Gasteiger partial charge on any atom is -0.342 e. The van der Waals surface area contributed by atoms with E-state index in [1.54, 1.807) is 12.1 Å². The van der Waals surface area contributed by atoms with Gasteiger partial charge in [-0.2, -0.15) is 0 Å². The third-order valence-electron chi connectivity index (χ3n) is 4.73. The third kappa shape index (κ3) is 3.09. The number of hydrogen-bond donors (Lipinski definition) is 0. The van der Waals surface area contributed by atoms with Gasteiger partial charge in [0.1, 0.15) is 0 Å². The molecule has 0 unspecified atom stereocenters. The highest BCUT2D eigenvalue weighted by molar-refractivity contribution is 8.00. The van der Waals surface area contributed by atoms with Crippen LogP contribution in [0.4, 0.5) is 0 Å². The van der Waals surface area contributed by atoms with Crippen molar-refractivity contribution in [2.24, 2.45) is 0 Å². The zero-order chi connectivity index (χ0) is 16.4. The molecule has 4 nitrogen and oxygen atoms in total. The Morgan fingerprint density at radius 1 is 1.22 bits per heavy atom. The highest BCUT2D eigenvalue weighted by atomic mass is 35.5. The number of thioether (sulfide) groups is 1. The molecule has 2 amide bonds. The second kappa shape index (κ2) is 6.73. The number of piperidine rings is 1. The molecule has 2 saturated heterocycles. The number of rotatable bonds is 2. The van der Waals surface area contributed by atoms with Crippen molar-refractivity contribution >= 4 is 35.2 Å². The number of halogens is 1. The zero-order valence-electron chi connectivity index (χ0n) is 13.3. The fraction of sp³-hybridized carbons (Fsp3) is 0.529. The molecule has 0 bridgehead atoms. The fourth-order valence-electron chi connectivity index (χ4n) is 3.42. The summed E-state index contributed by atoms with van der Waals surface area (Å²) in [4.78, 5) is 28.6. The van der Waals surface area contributed by atoms with E-state index >= 15 is 0 Å². The number of benzene rings is 1. The Morgan fingerprint density at radius 3 is 2.57 bits per heavy atom. The first-order chi connectivity index (χ1) is 11.1. The fourth-order valence-corrected chi connectivity index (χ4v) is 5.09. The SMILES string of the molecule is CCC(=O)N1CCC2(CC1)SCCN2C(=O)c1ccccc1Cl. The molecule has 2 aliphatic heterocycles. The highest BCUT2D eigenvalue weighted by Gasteiger charge is 2.47. The van der Waals surface area contributed by atoms with Crippen molar-refractivity contribution in [2.45, 2.75) is 31.1 Å². The van der Waals surface area contributed by atoms with Crippen molar-refractivity contribution in [3.63, 3.8) is 0 Å². The Balaban J connectivity index is 1.77. The second-order valence-electron chi connectivity index (χ2n) is 5.97. The van der Waals surface area contributed by atoms with E-state index in [1.807, 2.05) is 40.6 Å². The van der Waals surface area contributed by atoms with E-state index in [0.717, 1.165) is 38.2 Å². The lowest BCUT2D eigenvalue weighted by Crippen LogP contribution is -2.53. The summed E-state index contributed by atoms with van der Waals surface area (Å²) in [5.41, 5.74) is 0.572. The molecular formula is C17H21ClN2O2S. The van der Waals surface area contributed by atoms with Crippen LogP contribution in [0.3, 0.4) is 0 Å². The van der Waals surface area contributed by atoms with Gasteiger partial charge in [0, 0.05) is 31.8 Å². The average Bonchev–Trinajstić information content (AvgIpc) is 2.98. The van der Waals surface area contributed by atoms with Gasteiger partial charge in [-0.3, -0.25) is 9.59 Å². The van der Waals surface area contributed by atoms with Crippen molar-refractivity contribution in [3.8, 4) is 0 Å². The monoisotopic (exact) mass is 352 g/mol. The van der Waals surface area contributed by atoms with E-state index in [2.05, 4.69) is 0 Å². The van der Waals surface area contributed by atoms with Crippen LogP contribution in [-0.2, 0) is 4.79 Å².